The lowest BCUT2D eigenvalue weighted by molar-refractivity contribution is 0.103. The van der Waals surface area contributed by atoms with Crippen LogP contribution >= 0.6 is 0 Å². The minimum Gasteiger partial charge on any atom is -0.335 e. The van der Waals surface area contributed by atoms with Gasteiger partial charge in [-0.1, -0.05) is 55.5 Å². The van der Waals surface area contributed by atoms with Gasteiger partial charge in [-0.3, -0.25) is 4.79 Å². The Hall–Kier alpha value is -2.68. The molecule has 0 radical (unpaired) electrons. The molecule has 3 aromatic rings. The molecule has 0 saturated heterocycles. The van der Waals surface area contributed by atoms with Gasteiger partial charge < -0.3 is 4.98 Å². The zero-order valence-corrected chi connectivity index (χ0v) is 11.8. The summed E-state index contributed by atoms with van der Waals surface area (Å²) in [6.45, 7) is 2.07. The van der Waals surface area contributed by atoms with E-state index >= 15 is 0 Å². The van der Waals surface area contributed by atoms with E-state index < -0.39 is 0 Å². The van der Waals surface area contributed by atoms with Crippen molar-refractivity contribution in [3.05, 3.63) is 78.1 Å². The predicted octanol–water partition coefficient (Wildman–Crippen LogP) is 4.11. The van der Waals surface area contributed by atoms with Crippen molar-refractivity contribution in [2.75, 3.05) is 0 Å². The van der Waals surface area contributed by atoms with E-state index in [9.17, 15) is 4.79 Å². The number of fused-ring (bicyclic) bond motifs is 1. The van der Waals surface area contributed by atoms with E-state index in [0.717, 1.165) is 11.0 Å². The number of H-pyrrole nitrogens is 1. The SMILES string of the molecule is CC(/C=C/C(=O)c1nc2ccccc2[nH]1)c1ccccc1. The lowest BCUT2D eigenvalue weighted by Crippen LogP contribution is -1.98. The lowest BCUT2D eigenvalue weighted by Gasteiger charge is -2.05. The first-order valence-corrected chi connectivity index (χ1v) is 6.96. The molecule has 1 unspecified atom stereocenters. The molecule has 3 nitrogen and oxygen atoms in total. The van der Waals surface area contributed by atoms with E-state index in [-0.39, 0.29) is 11.7 Å². The number of nitrogens with one attached hydrogen (secondary N) is 1. The van der Waals surface area contributed by atoms with Crippen molar-refractivity contribution in [2.45, 2.75) is 12.8 Å². The van der Waals surface area contributed by atoms with Gasteiger partial charge in [0.05, 0.1) is 11.0 Å². The molecule has 21 heavy (non-hydrogen) atoms. The summed E-state index contributed by atoms with van der Waals surface area (Å²) in [7, 11) is 0. The van der Waals surface area contributed by atoms with Gasteiger partial charge in [-0.2, -0.15) is 0 Å². The maximum absolute atomic E-state index is 12.2. The fraction of sp³-hybridized carbons (Fsp3) is 0.111. The number of allylic oxidation sites excluding steroid dienone is 2. The number of aromatic amines is 1. The van der Waals surface area contributed by atoms with Crippen molar-refractivity contribution in [1.29, 1.82) is 0 Å². The second-order valence-electron chi connectivity index (χ2n) is 5.03. The van der Waals surface area contributed by atoms with Crippen LogP contribution in [0.3, 0.4) is 0 Å². The second-order valence-corrected chi connectivity index (χ2v) is 5.03. The molecule has 0 amide bonds. The number of imidazole rings is 1. The topological polar surface area (TPSA) is 45.8 Å². The molecule has 3 heteroatoms. The average molecular weight is 276 g/mol. The highest BCUT2D eigenvalue weighted by atomic mass is 16.1. The van der Waals surface area contributed by atoms with E-state index in [1.807, 2.05) is 48.5 Å². The van der Waals surface area contributed by atoms with Crippen molar-refractivity contribution >= 4 is 16.8 Å². The Balaban J connectivity index is 1.78. The standard InChI is InChI=1S/C18H16N2O/c1-13(14-7-3-2-4-8-14)11-12-17(21)18-19-15-9-5-6-10-16(15)20-18/h2-13H,1H3,(H,19,20)/b12-11+. The molecule has 1 heterocycles. The summed E-state index contributed by atoms with van der Waals surface area (Å²) >= 11 is 0. The third-order valence-electron chi connectivity index (χ3n) is 3.48. The van der Waals surface area contributed by atoms with E-state index in [1.165, 1.54) is 5.56 Å². The molecule has 0 bridgehead atoms. The van der Waals surface area contributed by atoms with Crippen LogP contribution < -0.4 is 0 Å². The Kier molecular flexibility index (Phi) is 3.65. The van der Waals surface area contributed by atoms with E-state index in [1.54, 1.807) is 6.08 Å². The smallest absolute Gasteiger partial charge is 0.220 e. The van der Waals surface area contributed by atoms with E-state index in [0.29, 0.717) is 5.82 Å². The number of nitrogens with zero attached hydrogens (tertiary/aromatic N) is 1. The van der Waals surface area contributed by atoms with Gasteiger partial charge in [0.2, 0.25) is 5.78 Å². The van der Waals surface area contributed by atoms with Crippen LogP contribution in [0.2, 0.25) is 0 Å². The highest BCUT2D eigenvalue weighted by Gasteiger charge is 2.09. The predicted molar refractivity (Wildman–Crippen MR) is 84.4 cm³/mol. The summed E-state index contributed by atoms with van der Waals surface area (Å²) in [5.41, 5.74) is 2.88. The van der Waals surface area contributed by atoms with Crippen LogP contribution in [0, 0.1) is 0 Å². The van der Waals surface area contributed by atoms with Gasteiger partial charge in [-0.25, -0.2) is 4.98 Å². The quantitative estimate of drug-likeness (QED) is 0.576. The molecule has 0 fully saturated rings. The molecule has 2 aromatic carbocycles. The molecule has 1 aromatic heterocycles. The Bertz CT molecular complexity index is 754. The van der Waals surface area contributed by atoms with Crippen molar-refractivity contribution in [3.63, 3.8) is 0 Å². The molecule has 0 saturated carbocycles. The van der Waals surface area contributed by atoms with Crippen molar-refractivity contribution < 1.29 is 4.79 Å². The summed E-state index contributed by atoms with van der Waals surface area (Å²) in [5.74, 6) is 0.473. The lowest BCUT2D eigenvalue weighted by atomic mass is 10.0. The number of para-hydroxylation sites is 2. The van der Waals surface area contributed by atoms with Gasteiger partial charge >= 0.3 is 0 Å². The van der Waals surface area contributed by atoms with Gasteiger partial charge in [0.1, 0.15) is 0 Å². The van der Waals surface area contributed by atoms with Crippen molar-refractivity contribution in [3.8, 4) is 0 Å². The summed E-state index contributed by atoms with van der Waals surface area (Å²) in [5, 5.41) is 0. The Morgan fingerprint density at radius 1 is 1.10 bits per heavy atom. The molecule has 0 aliphatic heterocycles. The molecule has 0 spiro atoms. The number of hydrogen-bond acceptors (Lipinski definition) is 2. The van der Waals surface area contributed by atoms with Gasteiger partial charge in [0.25, 0.3) is 0 Å². The van der Waals surface area contributed by atoms with Gasteiger partial charge in [-0.05, 0) is 29.7 Å². The Morgan fingerprint density at radius 2 is 1.81 bits per heavy atom. The number of benzene rings is 2. The molecule has 1 N–H and O–H groups in total. The second kappa shape index (κ2) is 5.75. The summed E-state index contributed by atoms with van der Waals surface area (Å²) < 4.78 is 0. The number of ketones is 1. The van der Waals surface area contributed by atoms with Crippen molar-refractivity contribution in [2.24, 2.45) is 0 Å². The van der Waals surface area contributed by atoms with Gasteiger partial charge in [0, 0.05) is 0 Å². The summed E-state index contributed by atoms with van der Waals surface area (Å²) in [6.07, 6.45) is 3.50. The number of hydrogen-bond donors (Lipinski definition) is 1. The average Bonchev–Trinajstić information content (AvgIpc) is 2.97. The van der Waals surface area contributed by atoms with Crippen LogP contribution in [0.25, 0.3) is 11.0 Å². The highest BCUT2D eigenvalue weighted by molar-refractivity contribution is 6.03. The van der Waals surface area contributed by atoms with Crippen LogP contribution in [0.4, 0.5) is 0 Å². The minimum atomic E-state index is -0.103. The first kappa shape index (κ1) is 13.3. The number of rotatable bonds is 4. The van der Waals surface area contributed by atoms with Crippen molar-refractivity contribution in [1.82, 2.24) is 9.97 Å². The number of carbonyl (C=O) groups excluding carboxylic acids is 1. The van der Waals surface area contributed by atoms with Crippen LogP contribution in [0.15, 0.2) is 66.7 Å². The molecular weight excluding hydrogens is 260 g/mol. The number of aromatic nitrogens is 2. The Morgan fingerprint density at radius 3 is 2.57 bits per heavy atom. The van der Waals surface area contributed by atoms with Crippen LogP contribution in [0.1, 0.15) is 29.0 Å². The van der Waals surface area contributed by atoms with Gasteiger partial charge in [0.15, 0.2) is 5.82 Å². The van der Waals surface area contributed by atoms with E-state index in [4.69, 9.17) is 0 Å². The summed E-state index contributed by atoms with van der Waals surface area (Å²) in [4.78, 5) is 19.5. The van der Waals surface area contributed by atoms with Gasteiger partial charge in [-0.15, -0.1) is 0 Å². The third kappa shape index (κ3) is 2.92. The maximum atomic E-state index is 12.2. The van der Waals surface area contributed by atoms with Crippen LogP contribution in [0.5, 0.6) is 0 Å². The fourth-order valence-corrected chi connectivity index (χ4v) is 2.25. The minimum absolute atomic E-state index is 0.103. The third-order valence-corrected chi connectivity index (χ3v) is 3.48. The molecular formula is C18H16N2O. The van der Waals surface area contributed by atoms with Crippen LogP contribution in [-0.4, -0.2) is 15.8 Å². The zero-order valence-electron chi connectivity index (χ0n) is 11.8. The first-order valence-electron chi connectivity index (χ1n) is 6.96. The monoisotopic (exact) mass is 276 g/mol. The first-order chi connectivity index (χ1) is 10.2. The molecule has 3 rings (SSSR count). The Labute approximate surface area is 123 Å². The molecule has 0 aliphatic carbocycles. The van der Waals surface area contributed by atoms with Crippen LogP contribution in [-0.2, 0) is 0 Å². The highest BCUT2D eigenvalue weighted by Crippen LogP contribution is 2.16. The molecule has 1 atom stereocenters. The largest absolute Gasteiger partial charge is 0.335 e. The normalized spacial score (nSPS) is 12.8. The molecule has 104 valence electrons. The van der Waals surface area contributed by atoms with E-state index in [2.05, 4.69) is 29.0 Å². The fourth-order valence-electron chi connectivity index (χ4n) is 2.25. The summed E-state index contributed by atoms with van der Waals surface area (Å²) in [6, 6.07) is 17.7. The molecule has 0 aliphatic rings. The maximum Gasteiger partial charge on any atom is 0.220 e. The zero-order chi connectivity index (χ0) is 14.7. The number of carbonyl (C=O) groups is 1.